The topological polar surface area (TPSA) is 85.5 Å². The molecule has 0 fully saturated rings. The van der Waals surface area contributed by atoms with E-state index in [0.29, 0.717) is 11.4 Å². The molecule has 28 heavy (non-hydrogen) atoms. The monoisotopic (exact) mass is 403 g/mol. The SMILES string of the molecule is COc1ccc(-c2cc(C(=O)OC(C)S(=O)(=O)c3ccc(F)cc3)c[nH]2)cc1. The highest BCUT2D eigenvalue weighted by molar-refractivity contribution is 7.91. The second kappa shape index (κ2) is 7.85. The fourth-order valence-corrected chi connectivity index (χ4v) is 3.66. The predicted molar refractivity (Wildman–Crippen MR) is 101 cm³/mol. The standard InChI is InChI=1S/C20H18FNO5S/c1-13(28(24,25)18-9-5-16(21)6-10-18)27-20(23)15-11-19(22-12-15)14-3-7-17(26-2)8-4-14/h3-13,22H,1-2H3. The third-order valence-electron chi connectivity index (χ3n) is 4.17. The number of hydrogen-bond donors (Lipinski definition) is 1. The predicted octanol–water partition coefficient (Wildman–Crippen LogP) is 3.81. The Hall–Kier alpha value is -3.13. The number of ether oxygens (including phenoxy) is 2. The molecule has 0 aliphatic carbocycles. The van der Waals surface area contributed by atoms with Crippen molar-refractivity contribution in [2.75, 3.05) is 7.11 Å². The van der Waals surface area contributed by atoms with Crippen LogP contribution in [0.3, 0.4) is 0 Å². The summed E-state index contributed by atoms with van der Waals surface area (Å²) in [5.41, 5.74) is 0.257. The van der Waals surface area contributed by atoms with Gasteiger partial charge in [-0.25, -0.2) is 17.6 Å². The lowest BCUT2D eigenvalue weighted by atomic mass is 10.1. The molecule has 146 valence electrons. The maximum Gasteiger partial charge on any atom is 0.340 e. The molecule has 1 N–H and O–H groups in total. The minimum absolute atomic E-state index is 0.123. The number of halogens is 1. The van der Waals surface area contributed by atoms with Gasteiger partial charge in [0.2, 0.25) is 15.3 Å². The van der Waals surface area contributed by atoms with Crippen molar-refractivity contribution in [1.29, 1.82) is 0 Å². The minimum atomic E-state index is -3.95. The van der Waals surface area contributed by atoms with Crippen molar-refractivity contribution in [3.8, 4) is 17.0 Å². The zero-order valence-electron chi connectivity index (χ0n) is 15.2. The van der Waals surface area contributed by atoms with E-state index < -0.39 is 27.1 Å². The molecule has 8 heteroatoms. The van der Waals surface area contributed by atoms with E-state index in [9.17, 15) is 17.6 Å². The highest BCUT2D eigenvalue weighted by atomic mass is 32.2. The van der Waals surface area contributed by atoms with Crippen LogP contribution in [0.15, 0.2) is 65.7 Å². The highest BCUT2D eigenvalue weighted by Crippen LogP contribution is 2.23. The number of sulfone groups is 1. The lowest BCUT2D eigenvalue weighted by molar-refractivity contribution is 0.0468. The number of carbonyl (C=O) groups is 1. The number of H-pyrrole nitrogens is 1. The van der Waals surface area contributed by atoms with Gasteiger partial charge in [-0.3, -0.25) is 0 Å². The summed E-state index contributed by atoms with van der Waals surface area (Å²) in [5, 5.41) is 0. The molecule has 1 unspecified atom stereocenters. The van der Waals surface area contributed by atoms with E-state index in [2.05, 4.69) is 4.98 Å². The molecule has 0 aliphatic heterocycles. The van der Waals surface area contributed by atoms with Gasteiger partial charge in [0.25, 0.3) is 0 Å². The Labute approximate surface area is 161 Å². The van der Waals surface area contributed by atoms with Gasteiger partial charge in [-0.1, -0.05) is 0 Å². The van der Waals surface area contributed by atoms with Crippen molar-refractivity contribution >= 4 is 15.8 Å². The van der Waals surface area contributed by atoms with Crippen LogP contribution >= 0.6 is 0 Å². The lowest BCUT2D eigenvalue weighted by Crippen LogP contribution is -2.24. The fraction of sp³-hybridized carbons (Fsp3) is 0.150. The first-order valence-corrected chi connectivity index (χ1v) is 9.89. The Morgan fingerprint density at radius 1 is 1.07 bits per heavy atom. The average Bonchev–Trinajstić information content (AvgIpc) is 3.18. The molecule has 2 aromatic carbocycles. The van der Waals surface area contributed by atoms with Crippen molar-refractivity contribution in [2.45, 2.75) is 17.3 Å². The van der Waals surface area contributed by atoms with Crippen molar-refractivity contribution in [2.24, 2.45) is 0 Å². The number of aromatic amines is 1. The van der Waals surface area contributed by atoms with E-state index in [4.69, 9.17) is 9.47 Å². The van der Waals surface area contributed by atoms with Crippen LogP contribution in [0.25, 0.3) is 11.3 Å². The molecular weight excluding hydrogens is 385 g/mol. The molecule has 1 aromatic heterocycles. The largest absolute Gasteiger partial charge is 0.497 e. The van der Waals surface area contributed by atoms with Gasteiger partial charge in [-0.2, -0.15) is 0 Å². The van der Waals surface area contributed by atoms with Gasteiger partial charge < -0.3 is 14.5 Å². The van der Waals surface area contributed by atoms with Gasteiger partial charge in [0.1, 0.15) is 11.6 Å². The quantitative estimate of drug-likeness (QED) is 0.500. The number of carbonyl (C=O) groups excluding carboxylic acids is 1. The van der Waals surface area contributed by atoms with E-state index in [0.717, 1.165) is 29.8 Å². The first-order valence-electron chi connectivity index (χ1n) is 8.34. The minimum Gasteiger partial charge on any atom is -0.497 e. The summed E-state index contributed by atoms with van der Waals surface area (Å²) in [4.78, 5) is 15.2. The van der Waals surface area contributed by atoms with Crippen molar-refractivity contribution in [1.82, 2.24) is 4.98 Å². The van der Waals surface area contributed by atoms with Gasteiger partial charge in [0.15, 0.2) is 0 Å². The number of nitrogens with one attached hydrogen (secondary N) is 1. The van der Waals surface area contributed by atoms with Crippen molar-refractivity contribution < 1.29 is 27.1 Å². The zero-order valence-corrected chi connectivity index (χ0v) is 16.0. The molecule has 0 bridgehead atoms. The smallest absolute Gasteiger partial charge is 0.340 e. The fourth-order valence-electron chi connectivity index (χ4n) is 2.55. The molecule has 1 heterocycles. The van der Waals surface area contributed by atoms with Crippen LogP contribution in [0, 0.1) is 5.82 Å². The van der Waals surface area contributed by atoms with Crippen molar-refractivity contribution in [3.05, 3.63) is 72.2 Å². The van der Waals surface area contributed by atoms with Gasteiger partial charge in [0.05, 0.1) is 17.6 Å². The molecule has 0 spiro atoms. The number of benzene rings is 2. The molecular formula is C20H18FNO5S. The summed E-state index contributed by atoms with van der Waals surface area (Å²) in [7, 11) is -2.38. The number of methoxy groups -OCH3 is 1. The maximum atomic E-state index is 13.0. The average molecular weight is 403 g/mol. The van der Waals surface area contributed by atoms with Gasteiger partial charge in [0, 0.05) is 11.9 Å². The Morgan fingerprint density at radius 3 is 2.32 bits per heavy atom. The summed E-state index contributed by atoms with van der Waals surface area (Å²) in [5.74, 6) is -0.633. The Morgan fingerprint density at radius 2 is 1.71 bits per heavy atom. The second-order valence-corrected chi connectivity index (χ2v) is 8.23. The van der Waals surface area contributed by atoms with Crippen LogP contribution in [0.5, 0.6) is 5.75 Å². The zero-order chi connectivity index (χ0) is 20.3. The van der Waals surface area contributed by atoms with E-state index in [-0.39, 0.29) is 10.5 Å². The summed E-state index contributed by atoms with van der Waals surface area (Å²) in [6.07, 6.45) is 1.44. The molecule has 0 amide bonds. The van der Waals surface area contributed by atoms with Gasteiger partial charge in [-0.15, -0.1) is 0 Å². The Kier molecular flexibility index (Phi) is 5.51. The van der Waals surface area contributed by atoms with Crippen LogP contribution in [-0.2, 0) is 14.6 Å². The molecule has 1 atom stereocenters. The summed E-state index contributed by atoms with van der Waals surface area (Å²) in [6.45, 7) is 1.26. The summed E-state index contributed by atoms with van der Waals surface area (Å²) < 4.78 is 48.2. The van der Waals surface area contributed by atoms with E-state index in [1.54, 1.807) is 25.3 Å². The van der Waals surface area contributed by atoms with Crippen LogP contribution < -0.4 is 4.74 Å². The van der Waals surface area contributed by atoms with E-state index in [1.165, 1.54) is 13.1 Å². The number of esters is 1. The lowest BCUT2D eigenvalue weighted by Gasteiger charge is -2.13. The molecule has 0 aliphatic rings. The van der Waals surface area contributed by atoms with E-state index >= 15 is 0 Å². The maximum absolute atomic E-state index is 13.0. The Bertz CT molecular complexity index is 1070. The normalized spacial score (nSPS) is 12.4. The third kappa shape index (κ3) is 4.07. The van der Waals surface area contributed by atoms with E-state index in [1.807, 2.05) is 12.1 Å². The van der Waals surface area contributed by atoms with Crippen molar-refractivity contribution in [3.63, 3.8) is 0 Å². The second-order valence-electron chi connectivity index (χ2n) is 6.00. The van der Waals surface area contributed by atoms with Gasteiger partial charge >= 0.3 is 5.97 Å². The molecule has 0 saturated heterocycles. The molecule has 6 nitrogen and oxygen atoms in total. The number of aromatic nitrogens is 1. The summed E-state index contributed by atoms with van der Waals surface area (Å²) in [6, 6.07) is 13.1. The first kappa shape index (κ1) is 19.6. The number of hydrogen-bond acceptors (Lipinski definition) is 5. The van der Waals surface area contributed by atoms with Crippen LogP contribution in [0.1, 0.15) is 17.3 Å². The highest BCUT2D eigenvalue weighted by Gasteiger charge is 2.27. The molecule has 0 saturated carbocycles. The number of rotatable bonds is 6. The van der Waals surface area contributed by atoms with Gasteiger partial charge in [-0.05, 0) is 67.1 Å². The first-order chi connectivity index (χ1) is 13.3. The summed E-state index contributed by atoms with van der Waals surface area (Å²) >= 11 is 0. The Balaban J connectivity index is 1.74. The molecule has 3 aromatic rings. The van der Waals surface area contributed by atoms with Crippen LogP contribution in [0.4, 0.5) is 4.39 Å². The molecule has 3 rings (SSSR count). The van der Waals surface area contributed by atoms with Crippen LogP contribution in [-0.4, -0.2) is 31.9 Å². The molecule has 0 radical (unpaired) electrons. The third-order valence-corrected chi connectivity index (χ3v) is 6.07. The van der Waals surface area contributed by atoms with Crippen LogP contribution in [0.2, 0.25) is 0 Å².